The number of carbonyl (C=O) groups is 1. The number of thiazole rings is 1. The number of halogens is 1. The first kappa shape index (κ1) is 22.5. The number of ether oxygens (including phenoxy) is 1. The molecule has 1 atom stereocenters. The van der Waals surface area contributed by atoms with Crippen molar-refractivity contribution in [3.05, 3.63) is 41.8 Å². The summed E-state index contributed by atoms with van der Waals surface area (Å²) in [6.45, 7) is 7.07. The fraction of sp³-hybridized carbons (Fsp3) is 0.375. The number of anilines is 2. The van der Waals surface area contributed by atoms with Gasteiger partial charge < -0.3 is 20.3 Å². The summed E-state index contributed by atoms with van der Waals surface area (Å²) in [7, 11) is 3.30. The highest BCUT2D eigenvalue weighted by Gasteiger charge is 2.26. The molecule has 4 aromatic rings. The van der Waals surface area contributed by atoms with Crippen molar-refractivity contribution < 1.29 is 13.9 Å². The normalized spacial score (nSPS) is 16.5. The Bertz CT molecular complexity index is 1380. The monoisotopic (exact) mass is 482 g/mol. The molecule has 1 fully saturated rings. The maximum atomic E-state index is 14.5. The topological polar surface area (TPSA) is 84.3 Å². The van der Waals surface area contributed by atoms with E-state index in [1.807, 2.05) is 6.07 Å². The van der Waals surface area contributed by atoms with Crippen molar-refractivity contribution in [1.29, 1.82) is 0 Å². The molecular weight excluding hydrogens is 455 g/mol. The number of nitrogens with one attached hydrogen (secondary N) is 2. The highest BCUT2D eigenvalue weighted by molar-refractivity contribution is 7.21. The van der Waals surface area contributed by atoms with E-state index in [1.54, 1.807) is 37.2 Å². The molecule has 8 nitrogen and oxygen atoms in total. The van der Waals surface area contributed by atoms with Crippen LogP contribution in [0.4, 0.5) is 15.8 Å². The Morgan fingerprint density at radius 3 is 2.91 bits per heavy atom. The first-order chi connectivity index (χ1) is 16.3. The van der Waals surface area contributed by atoms with Crippen molar-refractivity contribution in [3.8, 4) is 5.19 Å². The quantitative estimate of drug-likeness (QED) is 0.447. The molecule has 2 aromatic carbocycles. The van der Waals surface area contributed by atoms with Gasteiger partial charge in [-0.2, -0.15) is 5.10 Å². The van der Waals surface area contributed by atoms with Crippen LogP contribution in [0, 0.1) is 11.7 Å². The molecule has 1 aliphatic rings. The molecule has 1 aliphatic heterocycles. The number of methoxy groups -OCH3 is 1. The molecule has 0 radical (unpaired) electrons. The van der Waals surface area contributed by atoms with Crippen LogP contribution in [0.25, 0.3) is 21.1 Å². The molecule has 0 saturated carbocycles. The lowest BCUT2D eigenvalue weighted by Gasteiger charge is -2.37. The zero-order valence-corrected chi connectivity index (χ0v) is 20.4. The summed E-state index contributed by atoms with van der Waals surface area (Å²) in [5.41, 5.74) is 2.68. The number of amides is 1. The highest BCUT2D eigenvalue weighted by Crippen LogP contribution is 2.38. The average molecular weight is 483 g/mol. The first-order valence-electron chi connectivity index (χ1n) is 11.2. The van der Waals surface area contributed by atoms with Crippen LogP contribution in [-0.4, -0.2) is 53.5 Å². The summed E-state index contributed by atoms with van der Waals surface area (Å²) in [5.74, 6) is -0.327. The van der Waals surface area contributed by atoms with Crippen LogP contribution < -0.4 is 20.3 Å². The molecule has 3 heterocycles. The summed E-state index contributed by atoms with van der Waals surface area (Å²) in [4.78, 5) is 20.2. The minimum Gasteiger partial charge on any atom is -0.473 e. The van der Waals surface area contributed by atoms with Crippen molar-refractivity contribution in [3.63, 3.8) is 0 Å². The average Bonchev–Trinajstić information content (AvgIpc) is 3.41. The Kier molecular flexibility index (Phi) is 5.86. The minimum absolute atomic E-state index is 0.271. The van der Waals surface area contributed by atoms with Gasteiger partial charge in [0.15, 0.2) is 5.82 Å². The van der Waals surface area contributed by atoms with Crippen LogP contribution in [0.3, 0.4) is 0 Å². The molecule has 2 N–H and O–H groups in total. The predicted octanol–water partition coefficient (Wildman–Crippen LogP) is 4.02. The van der Waals surface area contributed by atoms with Crippen molar-refractivity contribution in [1.82, 2.24) is 20.1 Å². The molecule has 1 saturated heterocycles. The molecule has 34 heavy (non-hydrogen) atoms. The van der Waals surface area contributed by atoms with Gasteiger partial charge in [0.1, 0.15) is 11.0 Å². The van der Waals surface area contributed by atoms with Crippen LogP contribution in [0.2, 0.25) is 0 Å². The Hall–Kier alpha value is -3.24. The highest BCUT2D eigenvalue weighted by atomic mass is 32.1. The maximum absolute atomic E-state index is 14.5. The third kappa shape index (κ3) is 4.07. The number of fused-ring (bicyclic) bond motifs is 2. The van der Waals surface area contributed by atoms with E-state index in [-0.39, 0.29) is 11.4 Å². The third-order valence-electron chi connectivity index (χ3n) is 6.21. The molecule has 178 valence electrons. The summed E-state index contributed by atoms with van der Waals surface area (Å²) >= 11 is 1.43. The van der Waals surface area contributed by atoms with E-state index in [4.69, 9.17) is 4.74 Å². The standard InChI is InChI=1S/C24H27FN6O2S/c1-13(2)18-12-31(8-7-26-18)19-6-5-16(21-22(19)34-24(28-21)33-4)23(32)27-15-9-14-11-30(3)29-20(14)17(25)10-15/h5-6,9-11,13,18,26H,7-8,12H2,1-4H3,(H,27,32)/t18-/m1/s1. The van der Waals surface area contributed by atoms with Crippen molar-refractivity contribution in [2.24, 2.45) is 13.0 Å². The molecule has 5 rings (SSSR count). The Morgan fingerprint density at radius 2 is 2.15 bits per heavy atom. The van der Waals surface area contributed by atoms with E-state index < -0.39 is 5.82 Å². The molecule has 2 aromatic heterocycles. The zero-order chi connectivity index (χ0) is 24.0. The van der Waals surface area contributed by atoms with Gasteiger partial charge in [0.25, 0.3) is 11.1 Å². The van der Waals surface area contributed by atoms with Gasteiger partial charge in [0.2, 0.25) is 0 Å². The number of aromatic nitrogens is 3. The van der Waals surface area contributed by atoms with E-state index >= 15 is 0 Å². The smallest absolute Gasteiger partial charge is 0.274 e. The summed E-state index contributed by atoms with van der Waals surface area (Å²) in [5, 5.41) is 11.6. The van der Waals surface area contributed by atoms with Gasteiger partial charge in [-0.3, -0.25) is 9.48 Å². The largest absolute Gasteiger partial charge is 0.473 e. The molecule has 0 aliphatic carbocycles. The number of benzene rings is 2. The van der Waals surface area contributed by atoms with Crippen LogP contribution in [0.15, 0.2) is 30.5 Å². The first-order valence-corrected chi connectivity index (χ1v) is 12.1. The molecule has 0 spiro atoms. The molecule has 10 heteroatoms. The van der Waals surface area contributed by atoms with Crippen LogP contribution in [0.5, 0.6) is 5.19 Å². The number of piperazine rings is 1. The Labute approximate surface area is 200 Å². The van der Waals surface area contributed by atoms with Crippen LogP contribution >= 0.6 is 11.3 Å². The van der Waals surface area contributed by atoms with Gasteiger partial charge in [0.05, 0.1) is 23.1 Å². The fourth-order valence-electron chi connectivity index (χ4n) is 4.42. The van der Waals surface area contributed by atoms with Gasteiger partial charge in [-0.25, -0.2) is 9.37 Å². The lowest BCUT2D eigenvalue weighted by atomic mass is 10.0. The van der Waals surface area contributed by atoms with E-state index in [0.717, 1.165) is 30.0 Å². The lowest BCUT2D eigenvalue weighted by molar-refractivity contribution is 0.102. The Balaban J connectivity index is 1.50. The van der Waals surface area contributed by atoms with Crippen LogP contribution in [0.1, 0.15) is 24.2 Å². The maximum Gasteiger partial charge on any atom is 0.274 e. The van der Waals surface area contributed by atoms with E-state index in [2.05, 4.69) is 39.5 Å². The van der Waals surface area contributed by atoms with E-state index in [9.17, 15) is 9.18 Å². The van der Waals surface area contributed by atoms with Gasteiger partial charge in [-0.1, -0.05) is 25.2 Å². The summed E-state index contributed by atoms with van der Waals surface area (Å²) in [6.07, 6.45) is 1.71. The minimum atomic E-state index is -0.484. The fourth-order valence-corrected chi connectivity index (χ4v) is 5.37. The van der Waals surface area contributed by atoms with Crippen molar-refractivity contribution in [2.75, 3.05) is 37.0 Å². The van der Waals surface area contributed by atoms with Gasteiger partial charge in [0, 0.05) is 50.0 Å². The number of hydrogen-bond donors (Lipinski definition) is 2. The predicted molar refractivity (Wildman–Crippen MR) is 134 cm³/mol. The van der Waals surface area contributed by atoms with Crippen LogP contribution in [-0.2, 0) is 7.05 Å². The molecule has 1 amide bonds. The summed E-state index contributed by atoms with van der Waals surface area (Å²) in [6, 6.07) is 7.15. The molecular formula is C24H27FN6O2S. The van der Waals surface area contributed by atoms with Gasteiger partial charge >= 0.3 is 0 Å². The number of nitrogens with zero attached hydrogens (tertiary/aromatic N) is 4. The van der Waals surface area contributed by atoms with E-state index in [1.165, 1.54) is 17.4 Å². The molecule has 0 bridgehead atoms. The van der Waals surface area contributed by atoms with E-state index in [0.29, 0.717) is 39.3 Å². The number of hydrogen-bond acceptors (Lipinski definition) is 7. The lowest BCUT2D eigenvalue weighted by Crippen LogP contribution is -2.53. The second-order valence-electron chi connectivity index (χ2n) is 8.90. The zero-order valence-electron chi connectivity index (χ0n) is 19.6. The second kappa shape index (κ2) is 8.84. The number of carbonyl (C=O) groups excluding carboxylic acids is 1. The number of aryl methyl sites for hydroxylation is 1. The third-order valence-corrected chi connectivity index (χ3v) is 7.25. The van der Waals surface area contributed by atoms with Crippen molar-refractivity contribution >= 4 is 49.7 Å². The van der Waals surface area contributed by atoms with Crippen molar-refractivity contribution in [2.45, 2.75) is 19.9 Å². The van der Waals surface area contributed by atoms with Gasteiger partial charge in [-0.15, -0.1) is 0 Å². The summed E-state index contributed by atoms with van der Waals surface area (Å²) < 4.78 is 22.4. The number of rotatable bonds is 5. The van der Waals surface area contributed by atoms with Gasteiger partial charge in [-0.05, 0) is 30.2 Å². The second-order valence-corrected chi connectivity index (χ2v) is 9.86. The Morgan fingerprint density at radius 1 is 1.32 bits per heavy atom. The SMILES string of the molecule is COc1nc2c(C(=O)Nc3cc(F)c4nn(C)cc4c3)ccc(N3CCN[C@@H](C(C)C)C3)c2s1. The molecule has 0 unspecified atom stereocenters.